The van der Waals surface area contributed by atoms with Crippen LogP contribution >= 0.6 is 34.8 Å². The van der Waals surface area contributed by atoms with Crippen LogP contribution in [0.25, 0.3) is 0 Å². The summed E-state index contributed by atoms with van der Waals surface area (Å²) in [7, 11) is 0. The maximum atomic E-state index is 5.93. The molecule has 0 amide bonds. The number of nitrogens with two attached hydrogens (primary N) is 1. The second-order valence-corrected chi connectivity index (χ2v) is 4.33. The molecule has 2 atom stereocenters. The topological polar surface area (TPSA) is 59.3 Å². The van der Waals surface area contributed by atoms with Crippen LogP contribution in [-0.2, 0) is 0 Å². The third-order valence-electron chi connectivity index (χ3n) is 1.89. The highest BCUT2D eigenvalue weighted by Gasteiger charge is 2.31. The Morgan fingerprint density at radius 1 is 1.20 bits per heavy atom. The molecular formula is C8H8Cl3N3O. The van der Waals surface area contributed by atoms with Gasteiger partial charge >= 0.3 is 0 Å². The Hall–Kier alpha value is -0.390. The largest absolute Gasteiger partial charge is 0.468 e. The Morgan fingerprint density at radius 2 is 1.80 bits per heavy atom. The molecule has 15 heavy (non-hydrogen) atoms. The minimum absolute atomic E-state index is 0.310. The van der Waals surface area contributed by atoms with E-state index in [1.165, 1.54) is 0 Å². The summed E-state index contributed by atoms with van der Waals surface area (Å²) in [4.78, 5) is 0. The molecule has 4 N–H and O–H groups in total. The molecule has 1 aliphatic rings. The van der Waals surface area contributed by atoms with Crippen molar-refractivity contribution in [1.82, 2.24) is 10.9 Å². The molecular weight excluding hydrogens is 260 g/mol. The van der Waals surface area contributed by atoms with E-state index in [4.69, 9.17) is 45.3 Å². The molecule has 1 fully saturated rings. The average molecular weight is 269 g/mol. The first-order chi connectivity index (χ1) is 7.08. The number of ether oxygens (including phenoxy) is 1. The zero-order chi connectivity index (χ0) is 11.0. The first-order valence-corrected chi connectivity index (χ1v) is 5.33. The van der Waals surface area contributed by atoms with Gasteiger partial charge in [0, 0.05) is 5.69 Å². The number of hydrogen-bond donors (Lipinski definition) is 3. The predicted octanol–water partition coefficient (Wildman–Crippen LogP) is 1.95. The van der Waals surface area contributed by atoms with Crippen LogP contribution in [0.15, 0.2) is 12.1 Å². The Labute approximate surface area is 102 Å². The first-order valence-electron chi connectivity index (χ1n) is 4.14. The first kappa shape index (κ1) is 11.1. The number of hydrogen-bond acceptors (Lipinski definition) is 4. The van der Waals surface area contributed by atoms with Crippen LogP contribution in [0.4, 0.5) is 5.69 Å². The number of halogens is 3. The Bertz CT molecular complexity index is 364. The quantitative estimate of drug-likeness (QED) is 0.436. The van der Waals surface area contributed by atoms with E-state index < -0.39 is 0 Å². The SMILES string of the molecule is Nc1cc(Cl)c(OC2NN[C@@H]2Cl)c(Cl)c1. The van der Waals surface area contributed by atoms with E-state index in [9.17, 15) is 0 Å². The number of hydrazine groups is 1. The molecule has 0 radical (unpaired) electrons. The minimum Gasteiger partial charge on any atom is -0.468 e. The van der Waals surface area contributed by atoms with Gasteiger partial charge < -0.3 is 10.5 Å². The number of benzene rings is 1. The summed E-state index contributed by atoms with van der Waals surface area (Å²) in [6, 6.07) is 3.14. The van der Waals surface area contributed by atoms with Crippen molar-refractivity contribution in [1.29, 1.82) is 0 Å². The molecule has 0 aromatic heterocycles. The van der Waals surface area contributed by atoms with Gasteiger partial charge in [-0.25, -0.2) is 10.9 Å². The van der Waals surface area contributed by atoms with E-state index in [0.717, 1.165) is 0 Å². The normalized spacial score (nSPS) is 24.7. The fraction of sp³-hybridized carbons (Fsp3) is 0.250. The average Bonchev–Trinajstić information content (AvgIpc) is 2.14. The van der Waals surface area contributed by atoms with Crippen molar-refractivity contribution in [2.24, 2.45) is 0 Å². The van der Waals surface area contributed by atoms with Gasteiger partial charge in [0.25, 0.3) is 0 Å². The molecule has 1 aromatic carbocycles. The monoisotopic (exact) mass is 267 g/mol. The predicted molar refractivity (Wildman–Crippen MR) is 61.2 cm³/mol. The van der Waals surface area contributed by atoms with Gasteiger partial charge in [0.05, 0.1) is 10.0 Å². The summed E-state index contributed by atoms with van der Waals surface area (Å²) in [5, 5.41) is 0.718. The molecule has 1 unspecified atom stereocenters. The highest BCUT2D eigenvalue weighted by atomic mass is 35.5. The second kappa shape index (κ2) is 4.23. The number of nitrogens with one attached hydrogen (secondary N) is 2. The summed E-state index contributed by atoms with van der Waals surface area (Å²) in [5.41, 5.74) is 11.2. The zero-order valence-corrected chi connectivity index (χ0v) is 9.70. The van der Waals surface area contributed by atoms with Crippen molar-refractivity contribution in [2.45, 2.75) is 11.7 Å². The van der Waals surface area contributed by atoms with E-state index >= 15 is 0 Å². The van der Waals surface area contributed by atoms with E-state index in [2.05, 4.69) is 10.9 Å². The van der Waals surface area contributed by atoms with E-state index in [1.54, 1.807) is 12.1 Å². The Kier molecular flexibility index (Phi) is 3.13. The van der Waals surface area contributed by atoms with E-state index in [-0.39, 0.29) is 11.7 Å². The molecule has 1 aromatic rings. The molecule has 1 saturated heterocycles. The molecule has 82 valence electrons. The van der Waals surface area contributed by atoms with Gasteiger partial charge in [-0.1, -0.05) is 34.8 Å². The van der Waals surface area contributed by atoms with Crippen LogP contribution in [-0.4, -0.2) is 11.7 Å². The maximum Gasteiger partial charge on any atom is 0.193 e. The number of nitrogen functional groups attached to an aromatic ring is 1. The van der Waals surface area contributed by atoms with Crippen LogP contribution < -0.4 is 21.3 Å². The van der Waals surface area contributed by atoms with Crippen LogP contribution in [0, 0.1) is 0 Å². The summed E-state index contributed by atoms with van der Waals surface area (Å²) in [6.07, 6.45) is -0.356. The minimum atomic E-state index is -0.356. The fourth-order valence-corrected chi connectivity index (χ4v) is 1.89. The second-order valence-electron chi connectivity index (χ2n) is 3.04. The molecule has 0 spiro atoms. The lowest BCUT2D eigenvalue weighted by Crippen LogP contribution is -2.67. The smallest absolute Gasteiger partial charge is 0.193 e. The molecule has 0 bridgehead atoms. The van der Waals surface area contributed by atoms with Gasteiger partial charge in [-0.3, -0.25) is 0 Å². The number of alkyl halides is 1. The third-order valence-corrected chi connectivity index (χ3v) is 2.79. The molecule has 0 saturated carbocycles. The van der Waals surface area contributed by atoms with Crippen LogP contribution in [0.2, 0.25) is 10.0 Å². The molecule has 4 nitrogen and oxygen atoms in total. The van der Waals surface area contributed by atoms with Crippen molar-refractivity contribution in [2.75, 3.05) is 5.73 Å². The van der Waals surface area contributed by atoms with Crippen LogP contribution in [0.5, 0.6) is 5.75 Å². The van der Waals surface area contributed by atoms with Crippen molar-refractivity contribution >= 4 is 40.5 Å². The highest BCUT2D eigenvalue weighted by molar-refractivity contribution is 6.37. The lowest BCUT2D eigenvalue weighted by Gasteiger charge is -2.34. The summed E-state index contributed by atoms with van der Waals surface area (Å²) < 4.78 is 5.45. The van der Waals surface area contributed by atoms with Gasteiger partial charge in [-0.2, -0.15) is 0 Å². The molecule has 1 heterocycles. The van der Waals surface area contributed by atoms with E-state index in [0.29, 0.717) is 21.5 Å². The van der Waals surface area contributed by atoms with Gasteiger partial charge in [0.1, 0.15) is 5.50 Å². The van der Waals surface area contributed by atoms with Gasteiger partial charge in [0.2, 0.25) is 0 Å². The Balaban J connectivity index is 2.20. The summed E-state index contributed by atoms with van der Waals surface area (Å²) in [5.74, 6) is 0.372. The zero-order valence-electron chi connectivity index (χ0n) is 7.43. The molecule has 1 aliphatic heterocycles. The third kappa shape index (κ3) is 2.24. The lowest BCUT2D eigenvalue weighted by atomic mass is 10.3. The van der Waals surface area contributed by atoms with Gasteiger partial charge in [0.15, 0.2) is 12.0 Å². The van der Waals surface area contributed by atoms with Crippen molar-refractivity contribution in [3.8, 4) is 5.75 Å². The summed E-state index contributed by atoms with van der Waals surface area (Å²) in [6.45, 7) is 0. The van der Waals surface area contributed by atoms with E-state index in [1.807, 2.05) is 0 Å². The molecule has 2 rings (SSSR count). The molecule has 0 aliphatic carbocycles. The Morgan fingerprint density at radius 3 is 2.20 bits per heavy atom. The maximum absolute atomic E-state index is 5.93. The lowest BCUT2D eigenvalue weighted by molar-refractivity contribution is 0.0539. The van der Waals surface area contributed by atoms with Crippen molar-refractivity contribution < 1.29 is 4.74 Å². The van der Waals surface area contributed by atoms with Crippen molar-refractivity contribution in [3.05, 3.63) is 22.2 Å². The van der Waals surface area contributed by atoms with Gasteiger partial charge in [-0.05, 0) is 12.1 Å². The van der Waals surface area contributed by atoms with Crippen LogP contribution in [0.3, 0.4) is 0 Å². The number of anilines is 1. The number of rotatable bonds is 2. The summed E-state index contributed by atoms with van der Waals surface area (Å²) >= 11 is 17.6. The highest BCUT2D eigenvalue weighted by Crippen LogP contribution is 2.36. The fourth-order valence-electron chi connectivity index (χ4n) is 1.12. The van der Waals surface area contributed by atoms with Crippen molar-refractivity contribution in [3.63, 3.8) is 0 Å². The van der Waals surface area contributed by atoms with Gasteiger partial charge in [-0.15, -0.1) is 0 Å². The standard InChI is InChI=1S/C8H8Cl3N3O/c9-4-1-3(12)2-5(10)6(4)15-8-7(11)13-14-8/h1-2,7-8,13-14H,12H2/t7-,8?/m0/s1. The molecule has 7 heteroatoms. The van der Waals surface area contributed by atoms with Crippen LogP contribution in [0.1, 0.15) is 0 Å².